The summed E-state index contributed by atoms with van der Waals surface area (Å²) in [7, 11) is -4.48. The number of halogens is 5. The second kappa shape index (κ2) is 9.01. The first-order valence-electron chi connectivity index (χ1n) is 9.69. The molecule has 12 heteroatoms. The van der Waals surface area contributed by atoms with Gasteiger partial charge in [-0.15, -0.1) is 0 Å². The van der Waals surface area contributed by atoms with Gasteiger partial charge in [0.25, 0.3) is 10.0 Å². The number of alkyl halides is 3. The lowest BCUT2D eigenvalue weighted by atomic mass is 9.90. The van der Waals surface area contributed by atoms with Crippen LogP contribution in [0.2, 0.25) is 10.0 Å². The maximum absolute atomic E-state index is 13.2. The van der Waals surface area contributed by atoms with Gasteiger partial charge in [0.05, 0.1) is 32.1 Å². The van der Waals surface area contributed by atoms with E-state index in [0.29, 0.717) is 11.8 Å². The molecule has 176 valence electrons. The minimum atomic E-state index is -4.83. The summed E-state index contributed by atoms with van der Waals surface area (Å²) in [5.74, 6) is -0.412. The first kappa shape index (κ1) is 24.2. The molecule has 2 aromatic carbocycles. The molecule has 0 amide bonds. The number of rotatable bonds is 5. The average molecular weight is 527 g/mol. The van der Waals surface area contributed by atoms with Gasteiger partial charge in [-0.1, -0.05) is 47.5 Å². The van der Waals surface area contributed by atoms with E-state index in [9.17, 15) is 21.6 Å². The summed E-state index contributed by atoms with van der Waals surface area (Å²) in [5, 5.41) is 7.61. The second-order valence-electron chi connectivity index (χ2n) is 7.38. The van der Waals surface area contributed by atoms with Gasteiger partial charge >= 0.3 is 6.18 Å². The van der Waals surface area contributed by atoms with Crippen LogP contribution < -0.4 is 4.72 Å². The molecule has 0 aliphatic carbocycles. The lowest BCUT2D eigenvalue weighted by molar-refractivity contribution is -0.137. The lowest BCUT2D eigenvalue weighted by Gasteiger charge is -2.17. The van der Waals surface area contributed by atoms with E-state index in [4.69, 9.17) is 23.2 Å². The van der Waals surface area contributed by atoms with Crippen LogP contribution in [-0.2, 0) is 16.2 Å². The van der Waals surface area contributed by atoms with Crippen LogP contribution in [0.3, 0.4) is 0 Å². The van der Waals surface area contributed by atoms with Crippen molar-refractivity contribution in [2.75, 3.05) is 4.72 Å². The molecule has 6 nitrogen and oxygen atoms in total. The summed E-state index contributed by atoms with van der Waals surface area (Å²) >= 11 is 11.7. The normalized spacial score (nSPS) is 15.9. The summed E-state index contributed by atoms with van der Waals surface area (Å²) in [6, 6.07) is 11.2. The summed E-state index contributed by atoms with van der Waals surface area (Å²) in [6.45, 7) is 1.91. The largest absolute Gasteiger partial charge is 0.417 e. The lowest BCUT2D eigenvalue weighted by Crippen LogP contribution is -2.20. The zero-order chi connectivity index (χ0) is 24.7. The Labute approximate surface area is 203 Å². The van der Waals surface area contributed by atoms with Crippen LogP contribution in [0.5, 0.6) is 0 Å². The number of hydrogen-bond donors (Lipinski definition) is 1. The number of anilines is 1. The molecule has 1 aromatic heterocycles. The second-order valence-corrected chi connectivity index (χ2v) is 9.90. The molecule has 0 fully saturated rings. The van der Waals surface area contributed by atoms with Crippen molar-refractivity contribution in [3.05, 3.63) is 87.2 Å². The van der Waals surface area contributed by atoms with Crippen molar-refractivity contribution in [1.29, 1.82) is 0 Å². The monoisotopic (exact) mass is 526 g/mol. The number of aryl methyl sites for hydroxylation is 1. The van der Waals surface area contributed by atoms with E-state index >= 15 is 0 Å². The van der Waals surface area contributed by atoms with E-state index in [1.807, 2.05) is 31.2 Å². The van der Waals surface area contributed by atoms with Crippen LogP contribution >= 0.6 is 23.2 Å². The van der Waals surface area contributed by atoms with Crippen molar-refractivity contribution in [3.63, 3.8) is 0 Å². The van der Waals surface area contributed by atoms with E-state index in [1.165, 1.54) is 12.3 Å². The minimum Gasteiger partial charge on any atom is -0.277 e. The summed E-state index contributed by atoms with van der Waals surface area (Å²) in [4.78, 5) is 3.61. The Morgan fingerprint density at radius 1 is 1.06 bits per heavy atom. The number of benzene rings is 2. The molecule has 0 saturated heterocycles. The van der Waals surface area contributed by atoms with Gasteiger partial charge in [-0.05, 0) is 42.3 Å². The highest BCUT2D eigenvalue weighted by Gasteiger charge is 2.35. The van der Waals surface area contributed by atoms with Gasteiger partial charge in [-0.2, -0.15) is 23.4 Å². The molecule has 1 N–H and O–H groups in total. The van der Waals surface area contributed by atoms with Crippen LogP contribution in [-0.4, -0.2) is 25.3 Å². The Bertz CT molecular complexity index is 1440. The smallest absolute Gasteiger partial charge is 0.277 e. The van der Waals surface area contributed by atoms with E-state index in [2.05, 4.69) is 19.9 Å². The predicted molar refractivity (Wildman–Crippen MR) is 125 cm³/mol. The van der Waals surface area contributed by atoms with E-state index in [0.717, 1.165) is 23.3 Å². The summed E-state index contributed by atoms with van der Waals surface area (Å²) in [6.07, 6.45) is -1.92. The molecular formula is C22H15Cl2F3N4O2S. The first-order valence-corrected chi connectivity index (χ1v) is 11.9. The SMILES string of the molecule is Cc1ccccc1C1C=NN=C1c1ncc(Cl)cc1NS(=O)(=O)c1ccc(Cl)c(C(F)(F)F)c1. The van der Waals surface area contributed by atoms with Crippen LogP contribution in [0.15, 0.2) is 69.8 Å². The zero-order valence-electron chi connectivity index (χ0n) is 17.3. The standard InChI is InChI=1S/C22H15Cl2F3N4O2S/c1-12-4-2-3-5-15(12)16-11-29-30-20(16)21-19(8-13(23)10-28-21)31-34(32,33)14-6-7-18(24)17(9-14)22(25,26)27/h2-11,16,31H,1H3. The third kappa shape index (κ3) is 4.79. The third-order valence-corrected chi connectivity index (χ3v) is 6.99. The van der Waals surface area contributed by atoms with Gasteiger partial charge in [-0.3, -0.25) is 9.71 Å². The van der Waals surface area contributed by atoms with Crippen molar-refractivity contribution in [2.45, 2.75) is 23.9 Å². The average Bonchev–Trinajstić information content (AvgIpc) is 3.22. The number of aromatic nitrogens is 1. The van der Waals surface area contributed by atoms with Crippen LogP contribution in [0.25, 0.3) is 0 Å². The number of hydrogen-bond acceptors (Lipinski definition) is 5. The molecular weight excluding hydrogens is 512 g/mol. The molecule has 1 aliphatic heterocycles. The quantitative estimate of drug-likeness (QED) is 0.436. The highest BCUT2D eigenvalue weighted by molar-refractivity contribution is 7.92. The number of nitrogens with zero attached hydrogens (tertiary/aromatic N) is 3. The molecule has 0 saturated carbocycles. The van der Waals surface area contributed by atoms with Crippen molar-refractivity contribution in [1.82, 2.24) is 4.98 Å². The topological polar surface area (TPSA) is 83.8 Å². The van der Waals surface area contributed by atoms with Crippen molar-refractivity contribution < 1.29 is 21.6 Å². The number of pyridine rings is 1. The molecule has 1 aliphatic rings. The van der Waals surface area contributed by atoms with Gasteiger partial charge in [-0.25, -0.2) is 8.42 Å². The molecule has 1 atom stereocenters. The Balaban J connectivity index is 1.75. The molecule has 1 unspecified atom stereocenters. The Morgan fingerprint density at radius 2 is 1.79 bits per heavy atom. The fraction of sp³-hybridized carbons (Fsp3) is 0.136. The molecule has 0 bridgehead atoms. The molecule has 4 rings (SSSR count). The van der Waals surface area contributed by atoms with Gasteiger partial charge in [0.15, 0.2) is 0 Å². The maximum Gasteiger partial charge on any atom is 0.417 e. The van der Waals surface area contributed by atoms with Crippen molar-refractivity contribution in [3.8, 4) is 0 Å². The van der Waals surface area contributed by atoms with Crippen LogP contribution in [0, 0.1) is 6.92 Å². The van der Waals surface area contributed by atoms with Gasteiger partial charge in [0.1, 0.15) is 11.4 Å². The predicted octanol–water partition coefficient (Wildman–Crippen LogP) is 6.09. The Hall–Kier alpha value is -2.95. The van der Waals surface area contributed by atoms with Crippen LogP contribution in [0.1, 0.15) is 28.3 Å². The van der Waals surface area contributed by atoms with Gasteiger partial charge in [0, 0.05) is 12.4 Å². The molecule has 0 spiro atoms. The van der Waals surface area contributed by atoms with E-state index < -0.39 is 37.6 Å². The molecule has 0 radical (unpaired) electrons. The summed E-state index contributed by atoms with van der Waals surface area (Å²) < 4.78 is 68.0. The zero-order valence-corrected chi connectivity index (χ0v) is 19.6. The highest BCUT2D eigenvalue weighted by atomic mass is 35.5. The van der Waals surface area contributed by atoms with E-state index in [-0.39, 0.29) is 16.4 Å². The fourth-order valence-corrected chi connectivity index (χ4v) is 4.93. The number of sulfonamides is 1. The minimum absolute atomic E-state index is 0.0566. The van der Waals surface area contributed by atoms with Gasteiger partial charge in [0.2, 0.25) is 0 Å². The van der Waals surface area contributed by atoms with E-state index in [1.54, 1.807) is 6.21 Å². The number of nitrogens with one attached hydrogen (secondary N) is 1. The molecule has 2 heterocycles. The van der Waals surface area contributed by atoms with Crippen molar-refractivity contribution in [2.24, 2.45) is 10.2 Å². The Kier molecular flexibility index (Phi) is 6.41. The summed E-state index contributed by atoms with van der Waals surface area (Å²) in [5.41, 5.74) is 1.03. The molecule has 34 heavy (non-hydrogen) atoms. The highest BCUT2D eigenvalue weighted by Crippen LogP contribution is 2.37. The maximum atomic E-state index is 13.2. The van der Waals surface area contributed by atoms with Crippen molar-refractivity contribution >= 4 is 50.8 Å². The van der Waals surface area contributed by atoms with Crippen LogP contribution in [0.4, 0.5) is 18.9 Å². The Morgan fingerprint density at radius 3 is 2.50 bits per heavy atom. The third-order valence-electron chi connectivity index (χ3n) is 5.09. The molecule has 3 aromatic rings. The fourth-order valence-electron chi connectivity index (χ4n) is 3.47. The van der Waals surface area contributed by atoms with Gasteiger partial charge < -0.3 is 0 Å². The first-order chi connectivity index (χ1) is 16.0.